The van der Waals surface area contributed by atoms with Crippen molar-refractivity contribution in [3.8, 4) is 11.1 Å². The van der Waals surface area contributed by atoms with E-state index in [-0.39, 0.29) is 5.97 Å². The van der Waals surface area contributed by atoms with Crippen LogP contribution in [0.4, 0.5) is 17.5 Å². The van der Waals surface area contributed by atoms with Crippen LogP contribution in [-0.4, -0.2) is 81.6 Å². The molecular weight excluding hydrogens is 540 g/mol. The van der Waals surface area contributed by atoms with Crippen LogP contribution in [0.15, 0.2) is 55.0 Å². The van der Waals surface area contributed by atoms with E-state index >= 15 is 0 Å². The van der Waals surface area contributed by atoms with E-state index < -0.39 is 5.60 Å². The molecule has 1 aromatic carbocycles. The first-order chi connectivity index (χ1) is 20.7. The lowest BCUT2D eigenvalue weighted by molar-refractivity contribution is -0.156. The van der Waals surface area contributed by atoms with Crippen LogP contribution in [0, 0.1) is 5.92 Å². The molecule has 0 radical (unpaired) electrons. The minimum absolute atomic E-state index is 0.158. The number of pyridine rings is 1. The number of rotatable bonds is 13. The van der Waals surface area contributed by atoms with Gasteiger partial charge in [0.1, 0.15) is 11.4 Å². The second-order valence-corrected chi connectivity index (χ2v) is 12.8. The highest BCUT2D eigenvalue weighted by Crippen LogP contribution is 2.34. The molecule has 10 heteroatoms. The number of carbonyl (C=O) groups is 1. The molecule has 43 heavy (non-hydrogen) atoms. The maximum Gasteiger partial charge on any atom is 0.320 e. The van der Waals surface area contributed by atoms with E-state index in [2.05, 4.69) is 59.7 Å². The van der Waals surface area contributed by atoms with Gasteiger partial charge in [-0.2, -0.15) is 0 Å². The molecule has 1 atom stereocenters. The largest absolute Gasteiger partial charge is 0.459 e. The Kier molecular flexibility index (Phi) is 10.2. The van der Waals surface area contributed by atoms with Crippen molar-refractivity contribution < 1.29 is 9.53 Å². The molecule has 0 spiro atoms. The van der Waals surface area contributed by atoms with Gasteiger partial charge in [-0.05, 0) is 81.5 Å². The van der Waals surface area contributed by atoms with Crippen molar-refractivity contribution in [2.75, 3.05) is 49.9 Å². The quantitative estimate of drug-likeness (QED) is 0.244. The molecule has 1 unspecified atom stereocenters. The van der Waals surface area contributed by atoms with Crippen LogP contribution in [0.1, 0.15) is 52.0 Å². The van der Waals surface area contributed by atoms with Crippen LogP contribution in [0.2, 0.25) is 0 Å². The Bertz CT molecular complexity index is 1330. The lowest BCUT2D eigenvalue weighted by Gasteiger charge is -2.34. The van der Waals surface area contributed by atoms with Crippen LogP contribution >= 0.6 is 0 Å². The van der Waals surface area contributed by atoms with Gasteiger partial charge in [-0.15, -0.1) is 0 Å². The molecule has 3 aromatic rings. The Labute approximate surface area is 255 Å². The van der Waals surface area contributed by atoms with Crippen LogP contribution in [-0.2, 0) is 16.1 Å². The summed E-state index contributed by atoms with van der Waals surface area (Å²) >= 11 is 0. The summed E-state index contributed by atoms with van der Waals surface area (Å²) < 4.78 is 5.48. The van der Waals surface area contributed by atoms with Gasteiger partial charge < -0.3 is 21.1 Å². The van der Waals surface area contributed by atoms with Crippen LogP contribution in [0.3, 0.4) is 0 Å². The first-order valence-corrected chi connectivity index (χ1v) is 15.5. The molecular formula is C33H46N8O2. The lowest BCUT2D eigenvalue weighted by Crippen LogP contribution is -2.48. The number of hydrogen-bond acceptors (Lipinski definition) is 10. The minimum Gasteiger partial charge on any atom is -0.459 e. The summed E-state index contributed by atoms with van der Waals surface area (Å²) in [6.07, 6.45) is 10.2. The summed E-state index contributed by atoms with van der Waals surface area (Å²) in [5, 5.41) is 6.93. The fourth-order valence-electron chi connectivity index (χ4n) is 5.43. The van der Waals surface area contributed by atoms with Gasteiger partial charge in [0, 0.05) is 68.6 Å². The Morgan fingerprint density at radius 1 is 1.02 bits per heavy atom. The number of ether oxygens (including phenoxy) is 1. The summed E-state index contributed by atoms with van der Waals surface area (Å²) in [4.78, 5) is 30.5. The lowest BCUT2D eigenvalue weighted by atomic mass is 10.1. The number of benzene rings is 1. The SMILES string of the molecule is CC(C)(C)OC(=O)CN1CCN(Cc2cccc(Nc3cc(-c4cnc(NC(CCN)CC5CC5)nc4)ccn3)c2)CC1. The van der Waals surface area contributed by atoms with Gasteiger partial charge in [-0.1, -0.05) is 25.0 Å². The molecule has 3 heterocycles. The highest BCUT2D eigenvalue weighted by molar-refractivity contribution is 5.72. The Hall–Kier alpha value is -3.60. The molecule has 0 bridgehead atoms. The molecule has 2 aromatic heterocycles. The molecule has 10 nitrogen and oxygen atoms in total. The fourth-order valence-corrected chi connectivity index (χ4v) is 5.43. The fraction of sp³-hybridized carbons (Fsp3) is 0.515. The molecule has 1 aliphatic carbocycles. The molecule has 4 N–H and O–H groups in total. The Morgan fingerprint density at radius 3 is 2.47 bits per heavy atom. The van der Waals surface area contributed by atoms with Crippen molar-refractivity contribution in [3.63, 3.8) is 0 Å². The summed E-state index contributed by atoms with van der Waals surface area (Å²) in [7, 11) is 0. The highest BCUT2D eigenvalue weighted by Gasteiger charge is 2.26. The predicted molar refractivity (Wildman–Crippen MR) is 171 cm³/mol. The normalized spacial score (nSPS) is 16.9. The molecule has 2 fully saturated rings. The average Bonchev–Trinajstić information content (AvgIpc) is 3.78. The number of aromatic nitrogens is 3. The number of hydrogen-bond donors (Lipinski definition) is 3. The first kappa shape index (κ1) is 30.8. The number of nitrogens with one attached hydrogen (secondary N) is 2. The third-order valence-electron chi connectivity index (χ3n) is 7.75. The van der Waals surface area contributed by atoms with Crippen molar-refractivity contribution in [1.82, 2.24) is 24.8 Å². The summed E-state index contributed by atoms with van der Waals surface area (Å²) in [5.41, 5.74) is 9.53. The van der Waals surface area contributed by atoms with E-state index in [9.17, 15) is 4.79 Å². The van der Waals surface area contributed by atoms with Crippen molar-refractivity contribution in [2.45, 2.75) is 64.6 Å². The zero-order valence-electron chi connectivity index (χ0n) is 25.8. The van der Waals surface area contributed by atoms with E-state index in [0.29, 0.717) is 25.1 Å². The summed E-state index contributed by atoms with van der Waals surface area (Å²) in [5.74, 6) is 2.07. The van der Waals surface area contributed by atoms with Crippen molar-refractivity contribution in [2.24, 2.45) is 11.7 Å². The van der Waals surface area contributed by atoms with E-state index in [0.717, 1.165) is 74.1 Å². The average molecular weight is 587 g/mol. The van der Waals surface area contributed by atoms with Crippen molar-refractivity contribution in [3.05, 3.63) is 60.6 Å². The van der Waals surface area contributed by atoms with Gasteiger partial charge in [-0.25, -0.2) is 15.0 Å². The number of nitrogens with zero attached hydrogens (tertiary/aromatic N) is 5. The molecule has 0 amide bonds. The number of esters is 1. The number of piperazine rings is 1. The predicted octanol–water partition coefficient (Wildman–Crippen LogP) is 4.67. The molecule has 1 aliphatic heterocycles. The second-order valence-electron chi connectivity index (χ2n) is 12.8. The molecule has 1 saturated heterocycles. The summed E-state index contributed by atoms with van der Waals surface area (Å²) in [6.45, 7) is 11.1. The summed E-state index contributed by atoms with van der Waals surface area (Å²) in [6, 6.07) is 12.8. The Morgan fingerprint density at radius 2 is 1.77 bits per heavy atom. The standard InChI is InChI=1S/C33H46N8O2/c1-33(2,3)43-31(42)23-41-15-13-40(14-16-41)22-25-5-4-6-28(18-25)38-30-19-26(10-12-35-30)27-20-36-32(37-21-27)39-29(9-11-34)17-24-7-8-24/h4-6,10,12,18-21,24,29H,7-9,11,13-17,22-23,34H2,1-3H3,(H,35,38)(H,36,37,39). The number of nitrogens with two attached hydrogens (primary N) is 1. The second kappa shape index (κ2) is 14.2. The van der Waals surface area contributed by atoms with E-state index in [1.807, 2.05) is 45.3 Å². The maximum absolute atomic E-state index is 12.2. The molecule has 230 valence electrons. The van der Waals surface area contributed by atoms with Gasteiger partial charge >= 0.3 is 5.97 Å². The molecule has 5 rings (SSSR count). The van der Waals surface area contributed by atoms with E-state index in [4.69, 9.17) is 10.5 Å². The maximum atomic E-state index is 12.2. The van der Waals surface area contributed by atoms with Gasteiger partial charge in [0.2, 0.25) is 5.95 Å². The molecule has 1 saturated carbocycles. The monoisotopic (exact) mass is 586 g/mol. The van der Waals surface area contributed by atoms with Gasteiger partial charge in [0.25, 0.3) is 0 Å². The topological polar surface area (TPSA) is 122 Å². The van der Waals surface area contributed by atoms with Crippen molar-refractivity contribution >= 4 is 23.4 Å². The number of carbonyl (C=O) groups excluding carboxylic acids is 1. The van der Waals surface area contributed by atoms with Crippen LogP contribution < -0.4 is 16.4 Å². The Balaban J connectivity index is 1.13. The third-order valence-corrected chi connectivity index (χ3v) is 7.75. The zero-order chi connectivity index (χ0) is 30.2. The minimum atomic E-state index is -0.449. The van der Waals surface area contributed by atoms with E-state index in [1.165, 1.54) is 18.4 Å². The van der Waals surface area contributed by atoms with Gasteiger partial charge in [-0.3, -0.25) is 14.6 Å². The first-order valence-electron chi connectivity index (χ1n) is 15.5. The highest BCUT2D eigenvalue weighted by atomic mass is 16.6. The number of anilines is 3. The van der Waals surface area contributed by atoms with Gasteiger partial charge in [0.05, 0.1) is 6.54 Å². The zero-order valence-corrected chi connectivity index (χ0v) is 25.8. The van der Waals surface area contributed by atoms with Gasteiger partial charge in [0.15, 0.2) is 0 Å². The smallest absolute Gasteiger partial charge is 0.320 e. The molecule has 2 aliphatic rings. The van der Waals surface area contributed by atoms with Crippen LogP contribution in [0.25, 0.3) is 11.1 Å². The van der Waals surface area contributed by atoms with Crippen molar-refractivity contribution in [1.29, 1.82) is 0 Å². The van der Waals surface area contributed by atoms with Crippen LogP contribution in [0.5, 0.6) is 0 Å². The van der Waals surface area contributed by atoms with E-state index in [1.54, 1.807) is 6.20 Å². The third kappa shape index (κ3) is 9.98.